The second-order valence-corrected chi connectivity index (χ2v) is 6.04. The summed E-state index contributed by atoms with van der Waals surface area (Å²) in [5.74, 6) is 1.35. The number of aromatic nitrogens is 5. The van der Waals surface area contributed by atoms with Crippen LogP contribution in [-0.4, -0.2) is 44.8 Å². The van der Waals surface area contributed by atoms with Crippen LogP contribution >= 0.6 is 24.8 Å². The van der Waals surface area contributed by atoms with Crippen molar-refractivity contribution >= 4 is 24.8 Å². The van der Waals surface area contributed by atoms with Gasteiger partial charge in [-0.1, -0.05) is 18.2 Å². The molecule has 0 aliphatic heterocycles. The van der Waals surface area contributed by atoms with Crippen molar-refractivity contribution in [3.05, 3.63) is 42.7 Å². The third-order valence-corrected chi connectivity index (χ3v) is 4.41. The SMILES string of the molecule is CNC1(COc2cncc(-c3cccc(-c4nn[nH]n4)c3)c2)CC1.Cl.Cl. The number of hydrogen-bond acceptors (Lipinski definition) is 6. The number of pyridine rings is 1. The van der Waals surface area contributed by atoms with E-state index in [-0.39, 0.29) is 30.4 Å². The minimum atomic E-state index is 0. The summed E-state index contributed by atoms with van der Waals surface area (Å²) in [7, 11) is 1.98. The van der Waals surface area contributed by atoms with Crippen molar-refractivity contribution in [2.24, 2.45) is 0 Å². The van der Waals surface area contributed by atoms with Crippen LogP contribution in [0, 0.1) is 0 Å². The fraction of sp³-hybridized carbons (Fsp3) is 0.294. The molecule has 4 rings (SSSR count). The largest absolute Gasteiger partial charge is 0.490 e. The van der Waals surface area contributed by atoms with E-state index in [2.05, 4.69) is 30.9 Å². The monoisotopic (exact) mass is 394 g/mol. The molecule has 2 heterocycles. The topological polar surface area (TPSA) is 88.6 Å². The zero-order valence-electron chi connectivity index (χ0n) is 14.2. The highest BCUT2D eigenvalue weighted by Crippen LogP contribution is 2.35. The van der Waals surface area contributed by atoms with Crippen molar-refractivity contribution < 1.29 is 4.74 Å². The second kappa shape index (κ2) is 8.44. The maximum atomic E-state index is 5.92. The predicted molar refractivity (Wildman–Crippen MR) is 104 cm³/mol. The van der Waals surface area contributed by atoms with Crippen molar-refractivity contribution in [1.29, 1.82) is 0 Å². The van der Waals surface area contributed by atoms with Gasteiger partial charge in [0, 0.05) is 17.3 Å². The van der Waals surface area contributed by atoms with Crippen LogP contribution in [-0.2, 0) is 0 Å². The first-order valence-electron chi connectivity index (χ1n) is 7.89. The summed E-state index contributed by atoms with van der Waals surface area (Å²) < 4.78 is 5.92. The molecule has 9 heteroatoms. The Hall–Kier alpha value is -2.22. The lowest BCUT2D eigenvalue weighted by Crippen LogP contribution is -2.33. The Balaban J connectivity index is 0.00000121. The molecule has 0 radical (unpaired) electrons. The van der Waals surface area contributed by atoms with Crippen LogP contribution in [0.1, 0.15) is 12.8 Å². The molecule has 1 aliphatic rings. The molecule has 7 nitrogen and oxygen atoms in total. The van der Waals surface area contributed by atoms with Gasteiger partial charge in [0.15, 0.2) is 0 Å². The van der Waals surface area contributed by atoms with Crippen molar-refractivity contribution in [3.8, 4) is 28.3 Å². The van der Waals surface area contributed by atoms with E-state index >= 15 is 0 Å². The Kier molecular flexibility index (Phi) is 6.52. The van der Waals surface area contributed by atoms with Crippen LogP contribution in [0.2, 0.25) is 0 Å². The van der Waals surface area contributed by atoms with Crippen LogP contribution in [0.15, 0.2) is 42.7 Å². The van der Waals surface area contributed by atoms with E-state index in [0.717, 1.165) is 35.3 Å². The summed E-state index contributed by atoms with van der Waals surface area (Å²) in [6.07, 6.45) is 5.89. The molecular weight excluding hydrogens is 375 g/mol. The lowest BCUT2D eigenvalue weighted by Gasteiger charge is -2.15. The van der Waals surface area contributed by atoms with Gasteiger partial charge >= 0.3 is 0 Å². The molecule has 138 valence electrons. The molecule has 1 aromatic carbocycles. The van der Waals surface area contributed by atoms with E-state index in [0.29, 0.717) is 12.4 Å². The smallest absolute Gasteiger partial charge is 0.204 e. The summed E-state index contributed by atoms with van der Waals surface area (Å²) in [5.41, 5.74) is 3.07. The molecule has 26 heavy (non-hydrogen) atoms. The number of hydrogen-bond donors (Lipinski definition) is 2. The number of halogens is 2. The minimum Gasteiger partial charge on any atom is -0.490 e. The number of aromatic amines is 1. The van der Waals surface area contributed by atoms with Crippen LogP contribution in [0.3, 0.4) is 0 Å². The molecule has 0 unspecified atom stereocenters. The first-order valence-corrected chi connectivity index (χ1v) is 7.89. The Morgan fingerprint density at radius 1 is 1.12 bits per heavy atom. The van der Waals surface area contributed by atoms with Crippen LogP contribution in [0.5, 0.6) is 5.75 Å². The van der Waals surface area contributed by atoms with Crippen molar-refractivity contribution in [2.45, 2.75) is 18.4 Å². The van der Waals surface area contributed by atoms with Crippen molar-refractivity contribution in [3.63, 3.8) is 0 Å². The molecular formula is C17H20Cl2N6O. The number of ether oxygens (including phenoxy) is 1. The van der Waals surface area contributed by atoms with Gasteiger partial charge in [0.1, 0.15) is 12.4 Å². The van der Waals surface area contributed by atoms with E-state index in [1.165, 1.54) is 0 Å². The fourth-order valence-electron chi connectivity index (χ4n) is 2.62. The number of benzene rings is 1. The van der Waals surface area contributed by atoms with Gasteiger partial charge in [0.2, 0.25) is 5.82 Å². The Morgan fingerprint density at radius 2 is 1.92 bits per heavy atom. The summed E-state index contributed by atoms with van der Waals surface area (Å²) >= 11 is 0. The molecule has 0 spiro atoms. The van der Waals surface area contributed by atoms with Gasteiger partial charge in [0.25, 0.3) is 0 Å². The van der Waals surface area contributed by atoms with Crippen molar-refractivity contribution in [1.82, 2.24) is 30.9 Å². The Morgan fingerprint density at radius 3 is 2.62 bits per heavy atom. The summed E-state index contributed by atoms with van der Waals surface area (Å²) in [5, 5.41) is 17.4. The predicted octanol–water partition coefficient (Wildman–Crippen LogP) is 2.90. The van der Waals surface area contributed by atoms with E-state index in [4.69, 9.17) is 4.74 Å². The molecule has 0 atom stereocenters. The fourth-order valence-corrected chi connectivity index (χ4v) is 2.62. The average Bonchev–Trinajstić information content (AvgIpc) is 3.22. The number of tetrazole rings is 1. The van der Waals surface area contributed by atoms with Gasteiger partial charge in [-0.25, -0.2) is 0 Å². The average molecular weight is 395 g/mol. The number of nitrogens with one attached hydrogen (secondary N) is 2. The normalized spacial score (nSPS) is 14.0. The molecule has 2 N–H and O–H groups in total. The van der Waals surface area contributed by atoms with E-state index in [1.54, 1.807) is 6.20 Å². The Labute approximate surface area is 163 Å². The Bertz CT molecular complexity index is 839. The first kappa shape index (κ1) is 20.1. The van der Waals surface area contributed by atoms with Gasteiger partial charge in [-0.3, -0.25) is 4.98 Å². The van der Waals surface area contributed by atoms with E-state index in [9.17, 15) is 0 Å². The zero-order valence-corrected chi connectivity index (χ0v) is 15.8. The third-order valence-electron chi connectivity index (χ3n) is 4.41. The first-order chi connectivity index (χ1) is 11.8. The number of likely N-dealkylation sites (N-methyl/N-ethyl adjacent to an activating group) is 1. The molecule has 3 aromatic rings. The summed E-state index contributed by atoms with van der Waals surface area (Å²) in [6.45, 7) is 0.664. The van der Waals surface area contributed by atoms with Gasteiger partial charge < -0.3 is 10.1 Å². The van der Waals surface area contributed by atoms with Crippen LogP contribution in [0.4, 0.5) is 0 Å². The minimum absolute atomic E-state index is 0. The summed E-state index contributed by atoms with van der Waals surface area (Å²) in [6, 6.07) is 9.97. The lowest BCUT2D eigenvalue weighted by atomic mass is 10.0. The molecule has 1 fully saturated rings. The van der Waals surface area contributed by atoms with Crippen molar-refractivity contribution in [2.75, 3.05) is 13.7 Å². The summed E-state index contributed by atoms with van der Waals surface area (Å²) in [4.78, 5) is 4.31. The highest BCUT2D eigenvalue weighted by atomic mass is 35.5. The molecule has 2 aromatic heterocycles. The van der Waals surface area contributed by atoms with E-state index < -0.39 is 0 Å². The third kappa shape index (κ3) is 4.30. The molecule has 0 bridgehead atoms. The van der Waals surface area contributed by atoms with Crippen LogP contribution in [0.25, 0.3) is 22.5 Å². The highest BCUT2D eigenvalue weighted by molar-refractivity contribution is 5.85. The van der Waals surface area contributed by atoms with Crippen LogP contribution < -0.4 is 10.1 Å². The maximum absolute atomic E-state index is 5.92. The molecule has 1 aliphatic carbocycles. The maximum Gasteiger partial charge on any atom is 0.204 e. The lowest BCUT2D eigenvalue weighted by molar-refractivity contribution is 0.259. The van der Waals surface area contributed by atoms with Gasteiger partial charge in [-0.15, -0.1) is 35.0 Å². The van der Waals surface area contributed by atoms with Gasteiger partial charge in [0.05, 0.1) is 11.7 Å². The standard InChI is InChI=1S/C17H18N6O.2ClH/c1-18-17(5-6-17)11-24-15-8-14(9-19-10-15)12-3-2-4-13(7-12)16-20-22-23-21-16;;/h2-4,7-10,18H,5-6,11H2,1H3,(H,20,21,22,23);2*1H. The number of rotatable bonds is 6. The number of H-pyrrole nitrogens is 1. The van der Waals surface area contributed by atoms with Gasteiger partial charge in [-0.2, -0.15) is 5.21 Å². The quantitative estimate of drug-likeness (QED) is 0.667. The van der Waals surface area contributed by atoms with Gasteiger partial charge in [-0.05, 0) is 42.8 Å². The van der Waals surface area contributed by atoms with E-state index in [1.807, 2.05) is 43.6 Å². The second-order valence-electron chi connectivity index (χ2n) is 6.04. The molecule has 0 saturated heterocycles. The molecule has 0 amide bonds. The number of nitrogens with zero attached hydrogens (tertiary/aromatic N) is 4. The molecule has 1 saturated carbocycles. The zero-order chi connectivity index (χ0) is 16.4. The highest BCUT2D eigenvalue weighted by Gasteiger charge is 2.41.